The van der Waals surface area contributed by atoms with Crippen molar-refractivity contribution in [2.24, 2.45) is 29.1 Å². The van der Waals surface area contributed by atoms with Crippen LogP contribution in [0, 0.1) is 29.1 Å². The van der Waals surface area contributed by atoms with E-state index in [9.17, 15) is 24.6 Å². The van der Waals surface area contributed by atoms with Crippen molar-refractivity contribution < 1.29 is 34.1 Å². The Kier molecular flexibility index (Phi) is 4.86. The van der Waals surface area contributed by atoms with Gasteiger partial charge in [0, 0.05) is 11.5 Å². The number of ether oxygens (including phenoxy) is 2. The molecule has 1 heterocycles. The molecule has 7 heteroatoms. The molecule has 1 aliphatic heterocycles. The monoisotopic (exact) mass is 366 g/mol. The van der Waals surface area contributed by atoms with Gasteiger partial charge in [0.05, 0.1) is 24.4 Å². The lowest BCUT2D eigenvalue weighted by Crippen LogP contribution is -2.57. The SMILES string of the molecule is C=C1C(=O)O[C@H]2[C@H]1[C@@H](OC(=O)[C@@H](C)CO)C[C@@]1(C)CCC[C@H](C(=O)O)[C@H]21. The minimum Gasteiger partial charge on any atom is -0.481 e. The number of hydrogen-bond acceptors (Lipinski definition) is 6. The summed E-state index contributed by atoms with van der Waals surface area (Å²) < 4.78 is 11.2. The maximum atomic E-state index is 12.2. The lowest BCUT2D eigenvalue weighted by atomic mass is 9.52. The summed E-state index contributed by atoms with van der Waals surface area (Å²) in [4.78, 5) is 36.2. The van der Waals surface area contributed by atoms with Gasteiger partial charge in [0.1, 0.15) is 12.2 Å². The zero-order chi connectivity index (χ0) is 19.2. The number of hydrogen-bond donors (Lipinski definition) is 2. The van der Waals surface area contributed by atoms with E-state index in [-0.39, 0.29) is 18.1 Å². The molecule has 2 aliphatic carbocycles. The lowest BCUT2D eigenvalue weighted by molar-refractivity contribution is -0.187. The van der Waals surface area contributed by atoms with E-state index in [4.69, 9.17) is 9.47 Å². The smallest absolute Gasteiger partial charge is 0.334 e. The largest absolute Gasteiger partial charge is 0.481 e. The van der Waals surface area contributed by atoms with E-state index in [1.807, 2.05) is 6.92 Å². The molecule has 0 aromatic heterocycles. The number of fused-ring (bicyclic) bond motifs is 3. The zero-order valence-corrected chi connectivity index (χ0v) is 15.1. The van der Waals surface area contributed by atoms with E-state index < -0.39 is 53.3 Å². The van der Waals surface area contributed by atoms with Crippen LogP contribution in [0.2, 0.25) is 0 Å². The molecule has 0 spiro atoms. The molecule has 1 saturated heterocycles. The molecule has 0 amide bonds. The van der Waals surface area contributed by atoms with Gasteiger partial charge in [-0.3, -0.25) is 9.59 Å². The molecule has 3 fully saturated rings. The predicted molar refractivity (Wildman–Crippen MR) is 89.8 cm³/mol. The van der Waals surface area contributed by atoms with E-state index in [1.54, 1.807) is 6.92 Å². The standard InChI is InChI=1S/C19H26O7/c1-9(8-20)17(23)25-12-7-19(3)6-4-5-11(16(21)22)14(19)15-13(12)10(2)18(24)26-15/h9,11-15,20H,2,4-8H2,1,3H3,(H,21,22)/t9-,11-,12-,13+,14+,15-,19+/m0/s1. The molecular formula is C19H26O7. The number of carboxylic acids is 1. The molecule has 0 bridgehead atoms. The van der Waals surface area contributed by atoms with Gasteiger partial charge in [-0.1, -0.05) is 19.9 Å². The topological polar surface area (TPSA) is 110 Å². The molecule has 7 atom stereocenters. The maximum Gasteiger partial charge on any atom is 0.334 e. The van der Waals surface area contributed by atoms with Crippen molar-refractivity contribution in [3.05, 3.63) is 12.2 Å². The van der Waals surface area contributed by atoms with Crippen molar-refractivity contribution in [1.82, 2.24) is 0 Å². The molecule has 7 nitrogen and oxygen atoms in total. The Balaban J connectivity index is 1.95. The number of aliphatic hydroxyl groups excluding tert-OH is 1. The molecule has 0 aromatic rings. The summed E-state index contributed by atoms with van der Waals surface area (Å²) in [6, 6.07) is 0. The van der Waals surface area contributed by atoms with Gasteiger partial charge in [0.2, 0.25) is 0 Å². The first kappa shape index (κ1) is 18.9. The molecule has 26 heavy (non-hydrogen) atoms. The summed E-state index contributed by atoms with van der Waals surface area (Å²) in [6.45, 7) is 7.05. The highest BCUT2D eigenvalue weighted by atomic mass is 16.6. The third kappa shape index (κ3) is 2.92. The van der Waals surface area contributed by atoms with Gasteiger partial charge in [0.15, 0.2) is 0 Å². The van der Waals surface area contributed by atoms with E-state index in [0.29, 0.717) is 12.8 Å². The molecule has 0 unspecified atom stereocenters. The van der Waals surface area contributed by atoms with Gasteiger partial charge in [-0.15, -0.1) is 0 Å². The Morgan fingerprint density at radius 1 is 1.46 bits per heavy atom. The summed E-state index contributed by atoms with van der Waals surface area (Å²) in [5.41, 5.74) is -0.165. The number of carboxylic acid groups (broad SMARTS) is 1. The fourth-order valence-electron chi connectivity index (χ4n) is 5.08. The molecular weight excluding hydrogens is 340 g/mol. The van der Waals surface area contributed by atoms with Crippen molar-refractivity contribution in [2.45, 2.75) is 51.7 Å². The Morgan fingerprint density at radius 3 is 2.77 bits per heavy atom. The minimum absolute atomic E-state index is 0.237. The number of carbonyl (C=O) groups excluding carboxylic acids is 2. The van der Waals surface area contributed by atoms with Crippen LogP contribution in [0.25, 0.3) is 0 Å². The van der Waals surface area contributed by atoms with Crippen molar-refractivity contribution in [3.8, 4) is 0 Å². The lowest BCUT2D eigenvalue weighted by Gasteiger charge is -2.53. The van der Waals surface area contributed by atoms with Crippen LogP contribution in [-0.4, -0.2) is 46.9 Å². The number of aliphatic hydroxyl groups is 1. The molecule has 3 rings (SSSR count). The van der Waals surface area contributed by atoms with E-state index in [1.165, 1.54) is 0 Å². The third-order valence-corrected chi connectivity index (χ3v) is 6.45. The van der Waals surface area contributed by atoms with E-state index in [2.05, 4.69) is 6.58 Å². The number of aliphatic carboxylic acids is 1. The Hall–Kier alpha value is -1.89. The zero-order valence-electron chi connectivity index (χ0n) is 15.1. The fraction of sp³-hybridized carbons (Fsp3) is 0.737. The normalized spacial score (nSPS) is 40.2. The van der Waals surface area contributed by atoms with Gasteiger partial charge in [-0.2, -0.15) is 0 Å². The predicted octanol–water partition coefficient (Wildman–Crippen LogP) is 1.54. The Labute approximate surface area is 152 Å². The minimum atomic E-state index is -0.877. The summed E-state index contributed by atoms with van der Waals surface area (Å²) >= 11 is 0. The molecule has 2 N–H and O–H groups in total. The number of esters is 2. The van der Waals surface area contributed by atoms with Gasteiger partial charge in [-0.25, -0.2) is 4.79 Å². The first-order valence-electron chi connectivity index (χ1n) is 9.13. The van der Waals surface area contributed by atoms with Crippen molar-refractivity contribution in [2.75, 3.05) is 6.61 Å². The molecule has 0 aromatic carbocycles. The highest BCUT2D eigenvalue weighted by Gasteiger charge is 2.62. The summed E-state index contributed by atoms with van der Waals surface area (Å²) in [5.74, 6) is -4.07. The van der Waals surface area contributed by atoms with Crippen LogP contribution in [0.5, 0.6) is 0 Å². The second-order valence-electron chi connectivity index (χ2n) is 8.20. The first-order valence-corrected chi connectivity index (χ1v) is 9.13. The average Bonchev–Trinajstić information content (AvgIpc) is 2.87. The second-order valence-corrected chi connectivity index (χ2v) is 8.20. The van der Waals surface area contributed by atoms with Crippen LogP contribution in [0.15, 0.2) is 12.2 Å². The summed E-state index contributed by atoms with van der Waals surface area (Å²) in [7, 11) is 0. The molecule has 2 saturated carbocycles. The third-order valence-electron chi connectivity index (χ3n) is 6.45. The highest BCUT2D eigenvalue weighted by Crippen LogP contribution is 2.58. The maximum absolute atomic E-state index is 12.2. The van der Waals surface area contributed by atoms with Crippen molar-refractivity contribution in [1.29, 1.82) is 0 Å². The molecule has 144 valence electrons. The summed E-state index contributed by atoms with van der Waals surface area (Å²) in [6.07, 6.45) is 1.32. The molecule has 0 radical (unpaired) electrons. The van der Waals surface area contributed by atoms with Gasteiger partial charge < -0.3 is 19.7 Å². The van der Waals surface area contributed by atoms with Crippen LogP contribution in [-0.2, 0) is 23.9 Å². The number of rotatable bonds is 4. The van der Waals surface area contributed by atoms with Crippen molar-refractivity contribution >= 4 is 17.9 Å². The highest BCUT2D eigenvalue weighted by molar-refractivity contribution is 5.91. The average molecular weight is 366 g/mol. The summed E-state index contributed by atoms with van der Waals surface area (Å²) in [5, 5.41) is 18.9. The first-order chi connectivity index (χ1) is 12.2. The van der Waals surface area contributed by atoms with Gasteiger partial charge in [-0.05, 0) is 31.6 Å². The quantitative estimate of drug-likeness (QED) is 0.573. The van der Waals surface area contributed by atoms with Crippen LogP contribution in [0.3, 0.4) is 0 Å². The Bertz CT molecular complexity index is 642. The van der Waals surface area contributed by atoms with Crippen LogP contribution in [0.4, 0.5) is 0 Å². The van der Waals surface area contributed by atoms with Crippen LogP contribution in [0.1, 0.15) is 39.5 Å². The van der Waals surface area contributed by atoms with Crippen LogP contribution >= 0.6 is 0 Å². The second kappa shape index (κ2) is 6.68. The van der Waals surface area contributed by atoms with Crippen LogP contribution < -0.4 is 0 Å². The van der Waals surface area contributed by atoms with Crippen molar-refractivity contribution in [3.63, 3.8) is 0 Å². The van der Waals surface area contributed by atoms with Gasteiger partial charge >= 0.3 is 17.9 Å². The van der Waals surface area contributed by atoms with E-state index >= 15 is 0 Å². The molecule has 3 aliphatic rings. The Morgan fingerprint density at radius 2 is 2.15 bits per heavy atom. The number of carbonyl (C=O) groups is 3. The van der Waals surface area contributed by atoms with Gasteiger partial charge in [0.25, 0.3) is 0 Å². The fourth-order valence-corrected chi connectivity index (χ4v) is 5.08. The van der Waals surface area contributed by atoms with E-state index in [0.717, 1.165) is 12.8 Å².